The standard InChI is InChI=1S/C12H20N2O/c1-11-6-9-13-14(11)10-12(15-2)7-4-3-5-8-12/h6,9H,3-5,7-8,10H2,1-2H3. The molecule has 84 valence electrons. The first-order chi connectivity index (χ1) is 7.26. The summed E-state index contributed by atoms with van der Waals surface area (Å²) in [7, 11) is 1.84. The van der Waals surface area contributed by atoms with Crippen molar-refractivity contribution in [2.45, 2.75) is 51.2 Å². The van der Waals surface area contributed by atoms with E-state index in [1.165, 1.54) is 37.8 Å². The summed E-state index contributed by atoms with van der Waals surface area (Å²) in [5.74, 6) is 0. The second kappa shape index (κ2) is 4.35. The topological polar surface area (TPSA) is 27.1 Å². The van der Waals surface area contributed by atoms with Crippen molar-refractivity contribution in [3.05, 3.63) is 18.0 Å². The second-order valence-electron chi connectivity index (χ2n) is 4.58. The zero-order valence-corrected chi connectivity index (χ0v) is 9.70. The molecule has 3 heteroatoms. The minimum absolute atomic E-state index is 0.0367. The molecule has 1 aliphatic rings. The van der Waals surface area contributed by atoms with E-state index in [9.17, 15) is 0 Å². The van der Waals surface area contributed by atoms with E-state index >= 15 is 0 Å². The highest BCUT2D eigenvalue weighted by Crippen LogP contribution is 2.32. The molecule has 0 saturated heterocycles. The summed E-state index contributed by atoms with van der Waals surface area (Å²) in [6, 6.07) is 2.05. The molecule has 15 heavy (non-hydrogen) atoms. The number of hydrogen-bond donors (Lipinski definition) is 0. The Morgan fingerprint density at radius 3 is 2.67 bits per heavy atom. The van der Waals surface area contributed by atoms with Gasteiger partial charge in [-0.05, 0) is 25.8 Å². The van der Waals surface area contributed by atoms with E-state index < -0.39 is 0 Å². The van der Waals surface area contributed by atoms with Crippen LogP contribution in [-0.4, -0.2) is 22.5 Å². The van der Waals surface area contributed by atoms with Crippen LogP contribution in [0.5, 0.6) is 0 Å². The predicted molar refractivity (Wildman–Crippen MR) is 59.8 cm³/mol. The van der Waals surface area contributed by atoms with Crippen molar-refractivity contribution in [1.82, 2.24) is 9.78 Å². The van der Waals surface area contributed by atoms with E-state index in [1.54, 1.807) is 0 Å². The van der Waals surface area contributed by atoms with Gasteiger partial charge in [-0.2, -0.15) is 5.10 Å². The first kappa shape index (κ1) is 10.7. The van der Waals surface area contributed by atoms with E-state index in [2.05, 4.69) is 16.7 Å². The van der Waals surface area contributed by atoms with Gasteiger partial charge in [0.2, 0.25) is 0 Å². The van der Waals surface area contributed by atoms with Crippen molar-refractivity contribution in [1.29, 1.82) is 0 Å². The normalized spacial score (nSPS) is 20.4. The lowest BCUT2D eigenvalue weighted by Crippen LogP contribution is -2.39. The molecule has 3 nitrogen and oxygen atoms in total. The molecule has 0 unspecified atom stereocenters. The second-order valence-corrected chi connectivity index (χ2v) is 4.58. The fraction of sp³-hybridized carbons (Fsp3) is 0.750. The Kier molecular flexibility index (Phi) is 3.10. The maximum absolute atomic E-state index is 5.75. The summed E-state index contributed by atoms with van der Waals surface area (Å²) in [5, 5.41) is 4.34. The maximum atomic E-state index is 5.75. The van der Waals surface area contributed by atoms with E-state index in [-0.39, 0.29) is 5.60 Å². The molecule has 0 aromatic carbocycles. The zero-order valence-electron chi connectivity index (χ0n) is 9.70. The number of hydrogen-bond acceptors (Lipinski definition) is 2. The minimum atomic E-state index is 0.0367. The summed E-state index contributed by atoms with van der Waals surface area (Å²) in [6.45, 7) is 3.00. The van der Waals surface area contributed by atoms with Crippen molar-refractivity contribution in [2.24, 2.45) is 0 Å². The van der Waals surface area contributed by atoms with Crippen LogP contribution in [0.4, 0.5) is 0 Å². The third-order valence-corrected chi connectivity index (χ3v) is 3.56. The summed E-state index contributed by atoms with van der Waals surface area (Å²) < 4.78 is 7.81. The summed E-state index contributed by atoms with van der Waals surface area (Å²) in [4.78, 5) is 0. The van der Waals surface area contributed by atoms with E-state index in [1.807, 2.05) is 19.4 Å². The Balaban J connectivity index is 2.10. The number of nitrogens with zero attached hydrogens (tertiary/aromatic N) is 2. The smallest absolute Gasteiger partial charge is 0.0873 e. The number of rotatable bonds is 3. The fourth-order valence-corrected chi connectivity index (χ4v) is 2.46. The predicted octanol–water partition coefficient (Wildman–Crippen LogP) is 2.54. The van der Waals surface area contributed by atoms with Gasteiger partial charge in [0.05, 0.1) is 12.1 Å². The minimum Gasteiger partial charge on any atom is -0.376 e. The highest BCUT2D eigenvalue weighted by molar-refractivity contribution is 4.98. The Morgan fingerprint density at radius 2 is 2.13 bits per heavy atom. The van der Waals surface area contributed by atoms with Gasteiger partial charge < -0.3 is 4.74 Å². The van der Waals surface area contributed by atoms with E-state index in [0.717, 1.165) is 6.54 Å². The third-order valence-electron chi connectivity index (χ3n) is 3.56. The molecule has 1 heterocycles. The maximum Gasteiger partial charge on any atom is 0.0873 e. The molecule has 0 atom stereocenters. The molecule has 2 rings (SSSR count). The van der Waals surface area contributed by atoms with Gasteiger partial charge in [-0.15, -0.1) is 0 Å². The van der Waals surface area contributed by atoms with Crippen LogP contribution in [-0.2, 0) is 11.3 Å². The molecule has 1 aliphatic carbocycles. The largest absolute Gasteiger partial charge is 0.376 e. The summed E-state index contributed by atoms with van der Waals surface area (Å²) in [6.07, 6.45) is 8.12. The Bertz CT molecular complexity index is 313. The molecule has 0 N–H and O–H groups in total. The van der Waals surface area contributed by atoms with Crippen molar-refractivity contribution < 1.29 is 4.74 Å². The number of aryl methyl sites for hydroxylation is 1. The molecule has 0 radical (unpaired) electrons. The SMILES string of the molecule is COC1(Cn2nccc2C)CCCCC1. The van der Waals surface area contributed by atoms with Gasteiger partial charge in [0.25, 0.3) is 0 Å². The van der Waals surface area contributed by atoms with Crippen LogP contribution in [0.15, 0.2) is 12.3 Å². The van der Waals surface area contributed by atoms with Crippen LogP contribution in [0.2, 0.25) is 0 Å². The van der Waals surface area contributed by atoms with Gasteiger partial charge in [-0.3, -0.25) is 4.68 Å². The van der Waals surface area contributed by atoms with E-state index in [0.29, 0.717) is 0 Å². The first-order valence-electron chi connectivity index (χ1n) is 5.79. The molecule has 0 aliphatic heterocycles. The molecule has 1 aromatic rings. The van der Waals surface area contributed by atoms with Gasteiger partial charge in [0.1, 0.15) is 0 Å². The van der Waals surface area contributed by atoms with Crippen LogP contribution in [0.25, 0.3) is 0 Å². The monoisotopic (exact) mass is 208 g/mol. The number of methoxy groups -OCH3 is 1. The molecule has 1 saturated carbocycles. The number of ether oxygens (including phenoxy) is 1. The van der Waals surface area contributed by atoms with E-state index in [4.69, 9.17) is 4.74 Å². The lowest BCUT2D eigenvalue weighted by Gasteiger charge is -2.36. The molecule has 1 fully saturated rings. The van der Waals surface area contributed by atoms with Gasteiger partial charge >= 0.3 is 0 Å². The van der Waals surface area contributed by atoms with Gasteiger partial charge in [-0.25, -0.2) is 0 Å². The quantitative estimate of drug-likeness (QED) is 0.763. The van der Waals surface area contributed by atoms with Crippen molar-refractivity contribution in [3.8, 4) is 0 Å². The Hall–Kier alpha value is -0.830. The van der Waals surface area contributed by atoms with Crippen LogP contribution in [0, 0.1) is 6.92 Å². The lowest BCUT2D eigenvalue weighted by molar-refractivity contribution is -0.0544. The molecular weight excluding hydrogens is 188 g/mol. The van der Waals surface area contributed by atoms with Crippen LogP contribution < -0.4 is 0 Å². The van der Waals surface area contributed by atoms with Crippen LogP contribution in [0.3, 0.4) is 0 Å². The Labute approximate surface area is 91.4 Å². The van der Waals surface area contributed by atoms with Crippen molar-refractivity contribution in [3.63, 3.8) is 0 Å². The molecule has 0 spiro atoms. The lowest BCUT2D eigenvalue weighted by atomic mass is 9.84. The average molecular weight is 208 g/mol. The van der Waals surface area contributed by atoms with Gasteiger partial charge in [-0.1, -0.05) is 19.3 Å². The third kappa shape index (κ3) is 2.23. The molecular formula is C12H20N2O. The van der Waals surface area contributed by atoms with Gasteiger partial charge in [0, 0.05) is 19.0 Å². The fourth-order valence-electron chi connectivity index (χ4n) is 2.46. The number of aromatic nitrogens is 2. The molecule has 1 aromatic heterocycles. The molecule has 0 amide bonds. The summed E-state index contributed by atoms with van der Waals surface area (Å²) in [5.41, 5.74) is 1.26. The van der Waals surface area contributed by atoms with Crippen molar-refractivity contribution in [2.75, 3.05) is 7.11 Å². The Morgan fingerprint density at radius 1 is 1.40 bits per heavy atom. The van der Waals surface area contributed by atoms with Crippen LogP contribution >= 0.6 is 0 Å². The first-order valence-corrected chi connectivity index (χ1v) is 5.79. The van der Waals surface area contributed by atoms with Crippen LogP contribution in [0.1, 0.15) is 37.8 Å². The van der Waals surface area contributed by atoms with Gasteiger partial charge in [0.15, 0.2) is 0 Å². The van der Waals surface area contributed by atoms with Crippen molar-refractivity contribution >= 4 is 0 Å². The average Bonchev–Trinajstić information content (AvgIpc) is 2.66. The zero-order chi connectivity index (χ0) is 10.7. The highest BCUT2D eigenvalue weighted by atomic mass is 16.5. The summed E-state index contributed by atoms with van der Waals surface area (Å²) >= 11 is 0. The molecule has 0 bridgehead atoms. The highest BCUT2D eigenvalue weighted by Gasteiger charge is 2.32.